The van der Waals surface area contributed by atoms with Gasteiger partial charge in [0, 0.05) is 5.56 Å². The predicted octanol–water partition coefficient (Wildman–Crippen LogP) is 4.29. The van der Waals surface area contributed by atoms with E-state index < -0.39 is 34.6 Å². The molecule has 26 heavy (non-hydrogen) atoms. The summed E-state index contributed by atoms with van der Waals surface area (Å²) in [4.78, 5) is 0. The minimum atomic E-state index is -2.23. The van der Waals surface area contributed by atoms with E-state index in [1.807, 2.05) is 30.3 Å². The maximum Gasteiger partial charge on any atom is 0.200 e. The lowest BCUT2D eigenvalue weighted by Gasteiger charge is -2.04. The van der Waals surface area contributed by atoms with E-state index in [2.05, 4.69) is 20.7 Å². The zero-order valence-corrected chi connectivity index (χ0v) is 12.9. The van der Waals surface area contributed by atoms with Crippen molar-refractivity contribution < 1.29 is 22.0 Å². The van der Waals surface area contributed by atoms with Crippen molar-refractivity contribution in [3.63, 3.8) is 0 Å². The number of anilines is 1. The molecule has 132 valence electrons. The van der Waals surface area contributed by atoms with E-state index in [9.17, 15) is 22.0 Å². The summed E-state index contributed by atoms with van der Waals surface area (Å²) < 4.78 is 66.1. The second kappa shape index (κ2) is 7.26. The van der Waals surface area contributed by atoms with Crippen molar-refractivity contribution in [1.29, 1.82) is 0 Å². The van der Waals surface area contributed by atoms with Crippen LogP contribution in [0.5, 0.6) is 0 Å². The highest BCUT2D eigenvalue weighted by Crippen LogP contribution is 2.22. The first-order valence-corrected chi connectivity index (χ1v) is 7.18. The first-order valence-electron chi connectivity index (χ1n) is 7.18. The summed E-state index contributed by atoms with van der Waals surface area (Å²) >= 11 is 0. The molecule has 0 aliphatic carbocycles. The average molecular weight is 364 g/mol. The van der Waals surface area contributed by atoms with Gasteiger partial charge >= 0.3 is 0 Å². The fourth-order valence-electron chi connectivity index (χ4n) is 2.05. The van der Waals surface area contributed by atoms with Crippen LogP contribution >= 0.6 is 0 Å². The molecule has 0 saturated heterocycles. The van der Waals surface area contributed by atoms with Crippen LogP contribution in [0.2, 0.25) is 0 Å². The highest BCUT2D eigenvalue weighted by atomic mass is 19.2. The number of rotatable bonds is 4. The lowest BCUT2D eigenvalue weighted by Crippen LogP contribution is -2.07. The van der Waals surface area contributed by atoms with Crippen LogP contribution in [0.1, 0.15) is 5.56 Å². The van der Waals surface area contributed by atoms with Crippen LogP contribution in [0, 0.1) is 29.1 Å². The molecule has 3 rings (SSSR count). The summed E-state index contributed by atoms with van der Waals surface area (Å²) in [5.41, 5.74) is 2.55. The Hall–Kier alpha value is -3.36. The molecule has 1 N–H and O–H groups in total. The van der Waals surface area contributed by atoms with Gasteiger partial charge in [-0.3, -0.25) is 5.43 Å². The molecule has 1 aromatic heterocycles. The minimum Gasteiger partial charge on any atom is -0.260 e. The Morgan fingerprint density at radius 2 is 1.35 bits per heavy atom. The Morgan fingerprint density at radius 3 is 1.92 bits per heavy atom. The van der Waals surface area contributed by atoms with Gasteiger partial charge in [0.15, 0.2) is 29.1 Å². The van der Waals surface area contributed by atoms with E-state index in [0.29, 0.717) is 11.9 Å². The standard InChI is InChI=1S/C17H9F5N4/c18-13-10(14(19)16(21)17(22)15(13)20)8-23-25-12-7-6-11(24-26-12)9-4-2-1-3-5-9/h1-8H,(H,25,26)/b23-8-. The number of hydrogen-bond donors (Lipinski definition) is 1. The van der Waals surface area contributed by atoms with Crippen molar-refractivity contribution in [2.24, 2.45) is 5.10 Å². The Morgan fingerprint density at radius 1 is 0.731 bits per heavy atom. The molecule has 0 bridgehead atoms. The van der Waals surface area contributed by atoms with Gasteiger partial charge in [0.2, 0.25) is 5.82 Å². The van der Waals surface area contributed by atoms with Gasteiger partial charge < -0.3 is 0 Å². The number of aromatic nitrogens is 2. The monoisotopic (exact) mass is 364 g/mol. The van der Waals surface area contributed by atoms with Gasteiger partial charge in [-0.25, -0.2) is 22.0 Å². The molecule has 0 fully saturated rings. The smallest absolute Gasteiger partial charge is 0.200 e. The predicted molar refractivity (Wildman–Crippen MR) is 84.9 cm³/mol. The van der Waals surface area contributed by atoms with Gasteiger partial charge in [-0.2, -0.15) is 5.10 Å². The summed E-state index contributed by atoms with van der Waals surface area (Å²) in [6.07, 6.45) is 0.475. The van der Waals surface area contributed by atoms with E-state index in [4.69, 9.17) is 0 Å². The fourth-order valence-corrected chi connectivity index (χ4v) is 2.05. The van der Waals surface area contributed by atoms with Crippen LogP contribution in [-0.2, 0) is 0 Å². The lowest BCUT2D eigenvalue weighted by molar-refractivity contribution is 0.377. The summed E-state index contributed by atoms with van der Waals surface area (Å²) in [5, 5.41) is 11.2. The number of hydrazone groups is 1. The molecule has 0 saturated carbocycles. The van der Waals surface area contributed by atoms with E-state index in [1.165, 1.54) is 6.07 Å². The average Bonchev–Trinajstić information content (AvgIpc) is 2.68. The molecule has 0 amide bonds. The highest BCUT2D eigenvalue weighted by Gasteiger charge is 2.24. The number of hydrogen-bond acceptors (Lipinski definition) is 4. The fraction of sp³-hybridized carbons (Fsp3) is 0. The number of nitrogens with one attached hydrogen (secondary N) is 1. The summed E-state index contributed by atoms with van der Waals surface area (Å²) in [7, 11) is 0. The minimum absolute atomic E-state index is 0.116. The molecule has 9 heteroatoms. The molecule has 0 aliphatic rings. The van der Waals surface area contributed by atoms with Gasteiger partial charge in [0.05, 0.1) is 17.5 Å². The summed E-state index contributed by atoms with van der Waals surface area (Å²) in [6, 6.07) is 12.3. The Labute approximate surface area is 144 Å². The van der Waals surface area contributed by atoms with Gasteiger partial charge in [0.25, 0.3) is 0 Å². The largest absolute Gasteiger partial charge is 0.260 e. The van der Waals surface area contributed by atoms with Gasteiger partial charge in [0.1, 0.15) is 0 Å². The summed E-state index contributed by atoms with van der Waals surface area (Å²) in [5.74, 6) is -10.2. The molecule has 1 heterocycles. The molecule has 0 atom stereocenters. The first kappa shape index (κ1) is 17.5. The van der Waals surface area contributed by atoms with Gasteiger partial charge in [-0.1, -0.05) is 30.3 Å². The molecule has 0 radical (unpaired) electrons. The van der Waals surface area contributed by atoms with Crippen LogP contribution in [0.3, 0.4) is 0 Å². The molecule has 0 unspecified atom stereocenters. The number of benzene rings is 2. The van der Waals surface area contributed by atoms with Crippen molar-refractivity contribution in [2.75, 3.05) is 5.43 Å². The number of halogens is 5. The topological polar surface area (TPSA) is 50.2 Å². The van der Waals surface area contributed by atoms with Crippen LogP contribution in [0.4, 0.5) is 27.8 Å². The maximum absolute atomic E-state index is 13.5. The van der Waals surface area contributed by atoms with E-state index in [-0.39, 0.29) is 5.82 Å². The van der Waals surface area contributed by atoms with E-state index in [1.54, 1.807) is 6.07 Å². The lowest BCUT2D eigenvalue weighted by atomic mass is 10.1. The van der Waals surface area contributed by atoms with Crippen molar-refractivity contribution in [3.8, 4) is 11.3 Å². The van der Waals surface area contributed by atoms with Crippen molar-refractivity contribution in [2.45, 2.75) is 0 Å². The van der Waals surface area contributed by atoms with E-state index >= 15 is 0 Å². The van der Waals surface area contributed by atoms with Crippen molar-refractivity contribution in [1.82, 2.24) is 10.2 Å². The zero-order chi connectivity index (χ0) is 18.7. The van der Waals surface area contributed by atoms with Crippen LogP contribution < -0.4 is 5.43 Å². The summed E-state index contributed by atoms with van der Waals surface area (Å²) in [6.45, 7) is 0. The third-order valence-electron chi connectivity index (χ3n) is 3.35. The van der Waals surface area contributed by atoms with Crippen LogP contribution in [-0.4, -0.2) is 16.4 Å². The first-order chi connectivity index (χ1) is 12.5. The molecule has 2 aromatic carbocycles. The molecule has 0 spiro atoms. The van der Waals surface area contributed by atoms with Crippen LogP contribution in [0.25, 0.3) is 11.3 Å². The van der Waals surface area contributed by atoms with E-state index in [0.717, 1.165) is 5.56 Å². The quantitative estimate of drug-likeness (QED) is 0.247. The normalized spacial score (nSPS) is 11.1. The van der Waals surface area contributed by atoms with Gasteiger partial charge in [-0.05, 0) is 12.1 Å². The number of nitrogens with zero attached hydrogens (tertiary/aromatic N) is 3. The third-order valence-corrected chi connectivity index (χ3v) is 3.35. The Balaban J connectivity index is 1.78. The SMILES string of the molecule is Fc1c(F)c(F)c(/C=N\Nc2ccc(-c3ccccc3)nn2)c(F)c1F. The molecular weight excluding hydrogens is 355 g/mol. The van der Waals surface area contributed by atoms with Crippen LogP contribution in [0.15, 0.2) is 47.6 Å². The zero-order valence-electron chi connectivity index (χ0n) is 12.9. The van der Waals surface area contributed by atoms with Crippen molar-refractivity contribution in [3.05, 3.63) is 77.1 Å². The van der Waals surface area contributed by atoms with Gasteiger partial charge in [-0.15, -0.1) is 10.2 Å². The molecule has 4 nitrogen and oxygen atoms in total. The molecular formula is C17H9F5N4. The highest BCUT2D eigenvalue weighted by molar-refractivity contribution is 5.81. The maximum atomic E-state index is 13.5. The molecule has 3 aromatic rings. The van der Waals surface area contributed by atoms with Crippen molar-refractivity contribution >= 4 is 12.0 Å². The second-order valence-corrected chi connectivity index (χ2v) is 5.02. The Bertz CT molecular complexity index is 930. The molecule has 0 aliphatic heterocycles. The second-order valence-electron chi connectivity index (χ2n) is 5.02. The third kappa shape index (κ3) is 3.37. The Kier molecular flexibility index (Phi) is 4.87.